The van der Waals surface area contributed by atoms with Gasteiger partial charge in [0.05, 0.1) is 25.4 Å². The highest BCUT2D eigenvalue weighted by atomic mass is 16.7. The molecule has 0 aromatic rings. The van der Waals surface area contributed by atoms with E-state index in [0.717, 1.165) is 70.6 Å². The predicted octanol–water partition coefficient (Wildman–Crippen LogP) is 12.8. The SMILES string of the molecule is CC/C=C\C/C=C\C/C=C\C/C=C\C/C=C\C/C=C\CCCCC(=O)NC(COC1OC(CO)C(O)C(O)C1O)C(O)/C=C/CC/C=C/CCCCCCCCCCCCCCCCCCC. The van der Waals surface area contributed by atoms with Gasteiger partial charge >= 0.3 is 0 Å². The van der Waals surface area contributed by atoms with E-state index in [9.17, 15) is 30.3 Å². The number of aliphatic hydroxyl groups excluding tert-OH is 5. The Bertz CT molecular complexity index is 1370. The molecular formula is C58H99NO8. The van der Waals surface area contributed by atoms with Crippen molar-refractivity contribution < 1.29 is 39.8 Å². The molecule has 1 fully saturated rings. The Hall–Kier alpha value is -2.89. The van der Waals surface area contributed by atoms with Crippen molar-refractivity contribution in [1.82, 2.24) is 5.32 Å². The van der Waals surface area contributed by atoms with E-state index in [0.29, 0.717) is 6.42 Å². The molecule has 384 valence electrons. The molecule has 0 aromatic carbocycles. The molecule has 1 aliphatic rings. The fourth-order valence-electron chi connectivity index (χ4n) is 7.88. The Kier molecular flexibility index (Phi) is 43.4. The summed E-state index contributed by atoms with van der Waals surface area (Å²) in [7, 11) is 0. The number of rotatable bonds is 44. The molecule has 9 heteroatoms. The van der Waals surface area contributed by atoms with Crippen LogP contribution in [0.4, 0.5) is 0 Å². The van der Waals surface area contributed by atoms with Crippen molar-refractivity contribution >= 4 is 5.91 Å². The van der Waals surface area contributed by atoms with E-state index in [4.69, 9.17) is 9.47 Å². The quantitative estimate of drug-likeness (QED) is 0.0261. The van der Waals surface area contributed by atoms with Gasteiger partial charge in [0.25, 0.3) is 0 Å². The van der Waals surface area contributed by atoms with Gasteiger partial charge in [0.2, 0.25) is 5.91 Å². The Labute approximate surface area is 409 Å². The van der Waals surface area contributed by atoms with Gasteiger partial charge in [-0.15, -0.1) is 0 Å². The van der Waals surface area contributed by atoms with Crippen LogP contribution in [0, 0.1) is 0 Å². The molecule has 6 N–H and O–H groups in total. The van der Waals surface area contributed by atoms with Crippen molar-refractivity contribution in [2.45, 2.75) is 249 Å². The van der Waals surface area contributed by atoms with Crippen LogP contribution in [-0.4, -0.2) is 87.5 Å². The van der Waals surface area contributed by atoms with Gasteiger partial charge in [0, 0.05) is 6.42 Å². The van der Waals surface area contributed by atoms with Crippen molar-refractivity contribution in [3.05, 3.63) is 97.2 Å². The Morgan fingerprint density at radius 3 is 1.43 bits per heavy atom. The normalized spacial score (nSPS) is 20.5. The first-order valence-corrected chi connectivity index (χ1v) is 27.0. The summed E-state index contributed by atoms with van der Waals surface area (Å²) in [4.78, 5) is 13.0. The number of hydrogen-bond donors (Lipinski definition) is 6. The molecule has 0 aromatic heterocycles. The maximum atomic E-state index is 13.0. The monoisotopic (exact) mass is 938 g/mol. The summed E-state index contributed by atoms with van der Waals surface area (Å²) < 4.78 is 11.2. The molecule has 0 aliphatic carbocycles. The molecule has 0 spiro atoms. The first-order chi connectivity index (χ1) is 32.8. The summed E-state index contributed by atoms with van der Waals surface area (Å²) >= 11 is 0. The van der Waals surface area contributed by atoms with E-state index in [1.165, 1.54) is 109 Å². The molecular weight excluding hydrogens is 839 g/mol. The van der Waals surface area contributed by atoms with Gasteiger partial charge in [-0.05, 0) is 83.5 Å². The predicted molar refractivity (Wildman–Crippen MR) is 281 cm³/mol. The molecule has 1 rings (SSSR count). The summed E-state index contributed by atoms with van der Waals surface area (Å²) in [6.45, 7) is 3.62. The summed E-state index contributed by atoms with van der Waals surface area (Å²) in [5.74, 6) is -0.232. The first-order valence-electron chi connectivity index (χ1n) is 27.0. The topological polar surface area (TPSA) is 149 Å². The first kappa shape index (κ1) is 62.1. The molecule has 1 aliphatic heterocycles. The van der Waals surface area contributed by atoms with Crippen LogP contribution in [0.1, 0.15) is 206 Å². The van der Waals surface area contributed by atoms with Gasteiger partial charge in [-0.1, -0.05) is 214 Å². The number of carbonyl (C=O) groups is 1. The third-order valence-electron chi connectivity index (χ3n) is 12.1. The lowest BCUT2D eigenvalue weighted by atomic mass is 9.99. The molecule has 9 nitrogen and oxygen atoms in total. The largest absolute Gasteiger partial charge is 0.394 e. The van der Waals surface area contributed by atoms with E-state index in [1.54, 1.807) is 6.08 Å². The fourth-order valence-corrected chi connectivity index (χ4v) is 7.88. The second-order valence-electron chi connectivity index (χ2n) is 18.3. The zero-order chi connectivity index (χ0) is 48.7. The van der Waals surface area contributed by atoms with Crippen molar-refractivity contribution in [2.75, 3.05) is 13.2 Å². The minimum Gasteiger partial charge on any atom is -0.394 e. The van der Waals surface area contributed by atoms with Crippen LogP contribution in [0.25, 0.3) is 0 Å². The van der Waals surface area contributed by atoms with Crippen molar-refractivity contribution in [2.24, 2.45) is 0 Å². The van der Waals surface area contributed by atoms with E-state index in [2.05, 4.69) is 104 Å². The number of hydrogen-bond acceptors (Lipinski definition) is 8. The van der Waals surface area contributed by atoms with Gasteiger partial charge in [-0.2, -0.15) is 0 Å². The molecule has 0 radical (unpaired) electrons. The molecule has 1 heterocycles. The van der Waals surface area contributed by atoms with Crippen LogP contribution < -0.4 is 5.32 Å². The van der Waals surface area contributed by atoms with E-state index >= 15 is 0 Å². The van der Waals surface area contributed by atoms with Crippen LogP contribution in [-0.2, 0) is 14.3 Å². The van der Waals surface area contributed by atoms with Crippen molar-refractivity contribution in [3.8, 4) is 0 Å². The third-order valence-corrected chi connectivity index (χ3v) is 12.1. The van der Waals surface area contributed by atoms with Crippen LogP contribution >= 0.6 is 0 Å². The van der Waals surface area contributed by atoms with Gasteiger partial charge in [0.15, 0.2) is 6.29 Å². The highest BCUT2D eigenvalue weighted by Crippen LogP contribution is 2.22. The molecule has 0 saturated carbocycles. The van der Waals surface area contributed by atoms with Gasteiger partial charge in [-0.3, -0.25) is 4.79 Å². The number of carbonyl (C=O) groups excluding carboxylic acids is 1. The molecule has 0 bridgehead atoms. The number of unbranched alkanes of at least 4 members (excludes halogenated alkanes) is 20. The Morgan fingerprint density at radius 1 is 0.522 bits per heavy atom. The number of amides is 1. The number of nitrogens with one attached hydrogen (secondary N) is 1. The summed E-state index contributed by atoms with van der Waals surface area (Å²) in [6, 6.07) is -0.852. The third kappa shape index (κ3) is 36.7. The van der Waals surface area contributed by atoms with Crippen LogP contribution in [0.3, 0.4) is 0 Å². The average molecular weight is 938 g/mol. The lowest BCUT2D eigenvalue weighted by molar-refractivity contribution is -0.302. The summed E-state index contributed by atoms with van der Waals surface area (Å²) in [6.07, 6.45) is 60.4. The Morgan fingerprint density at radius 2 is 0.940 bits per heavy atom. The number of ether oxygens (including phenoxy) is 2. The van der Waals surface area contributed by atoms with Crippen LogP contribution in [0.5, 0.6) is 0 Å². The second kappa shape index (κ2) is 46.8. The molecule has 1 amide bonds. The van der Waals surface area contributed by atoms with Crippen LogP contribution in [0.2, 0.25) is 0 Å². The molecule has 1 saturated heterocycles. The average Bonchev–Trinajstić information content (AvgIpc) is 3.33. The maximum absolute atomic E-state index is 13.0. The highest BCUT2D eigenvalue weighted by Gasteiger charge is 2.44. The molecule has 67 heavy (non-hydrogen) atoms. The van der Waals surface area contributed by atoms with Gasteiger partial charge < -0.3 is 40.3 Å². The minimum atomic E-state index is -1.59. The Balaban J connectivity index is 2.35. The number of aliphatic hydroxyl groups is 5. The smallest absolute Gasteiger partial charge is 0.220 e. The zero-order valence-electron chi connectivity index (χ0n) is 42.4. The maximum Gasteiger partial charge on any atom is 0.220 e. The van der Waals surface area contributed by atoms with E-state index in [-0.39, 0.29) is 18.9 Å². The molecule has 7 atom stereocenters. The zero-order valence-corrected chi connectivity index (χ0v) is 42.4. The van der Waals surface area contributed by atoms with Gasteiger partial charge in [0.1, 0.15) is 24.4 Å². The fraction of sp³-hybridized carbons (Fsp3) is 0.707. The summed E-state index contributed by atoms with van der Waals surface area (Å²) in [5.41, 5.74) is 0. The van der Waals surface area contributed by atoms with Crippen molar-refractivity contribution in [3.63, 3.8) is 0 Å². The highest BCUT2D eigenvalue weighted by molar-refractivity contribution is 5.76. The van der Waals surface area contributed by atoms with E-state index in [1.807, 2.05) is 6.08 Å². The van der Waals surface area contributed by atoms with E-state index < -0.39 is 49.5 Å². The number of allylic oxidation sites excluding steroid dienone is 15. The lowest BCUT2D eigenvalue weighted by Crippen LogP contribution is -2.60. The molecule has 7 unspecified atom stereocenters. The second-order valence-corrected chi connectivity index (χ2v) is 18.3. The standard InChI is InChI=1S/C58H99NO8/c1-3-5-7-9-11-13-15-17-19-21-23-25-26-28-29-31-33-35-37-39-41-43-45-47-52(61)51(50-66-58-57(65)56(64)55(63)53(49-60)67-58)59-54(62)48-46-44-42-40-38-36-34-32-30-27-24-22-20-18-16-14-12-10-8-6-4-2/h6,8,12,14,18,20,24,27,32,34,37-40,45,47,51-53,55-58,60-61,63-65H,3-5,7,9-11,13,15-17,19,21-23,25-26,28-31,33,35-36,41-44,46,48-50H2,1-2H3,(H,59,62)/b8-6-,14-12-,20-18-,27-24-,34-32-,39-37+,40-38-,47-45+. The lowest BCUT2D eigenvalue weighted by Gasteiger charge is -2.40. The van der Waals surface area contributed by atoms with Crippen LogP contribution in [0.15, 0.2) is 97.2 Å². The minimum absolute atomic E-state index is 0.224. The van der Waals surface area contributed by atoms with Crippen molar-refractivity contribution in [1.29, 1.82) is 0 Å². The summed E-state index contributed by atoms with van der Waals surface area (Å²) in [5, 5.41) is 54.4. The van der Waals surface area contributed by atoms with Gasteiger partial charge in [-0.25, -0.2) is 0 Å².